The molecule has 1 atom stereocenters. The van der Waals surface area contributed by atoms with Gasteiger partial charge in [0.15, 0.2) is 0 Å². The number of fused-ring (bicyclic) bond motifs is 1. The van der Waals surface area contributed by atoms with E-state index in [0.29, 0.717) is 23.3 Å². The third-order valence-electron chi connectivity index (χ3n) is 3.55. The predicted molar refractivity (Wildman–Crippen MR) is 78.8 cm³/mol. The lowest BCUT2D eigenvalue weighted by atomic mass is 10.1. The van der Waals surface area contributed by atoms with E-state index < -0.39 is 11.7 Å². The molecule has 1 aromatic heterocycles. The topological polar surface area (TPSA) is 42.1 Å². The van der Waals surface area contributed by atoms with E-state index in [1.165, 1.54) is 6.07 Å². The molecule has 0 aliphatic carbocycles. The summed E-state index contributed by atoms with van der Waals surface area (Å²) in [5.74, 6) is 0.685. The van der Waals surface area contributed by atoms with Gasteiger partial charge in [0.2, 0.25) is 0 Å². The molecule has 3 rings (SSSR count). The molecule has 2 N–H and O–H groups in total. The molecule has 7 heteroatoms. The number of benzene rings is 1. The summed E-state index contributed by atoms with van der Waals surface area (Å²) < 4.78 is 38.1. The van der Waals surface area contributed by atoms with Crippen LogP contribution in [0, 0.1) is 0 Å². The Morgan fingerprint density at radius 2 is 1.90 bits per heavy atom. The Bertz CT molecular complexity index is 645. The number of hydrogen-bond acceptors (Lipinski definition) is 3. The molecule has 1 unspecified atom stereocenters. The van der Waals surface area contributed by atoms with Crippen LogP contribution in [-0.2, 0) is 6.18 Å². The zero-order valence-corrected chi connectivity index (χ0v) is 11.9. The zero-order chi connectivity index (χ0) is 14.3. The molecule has 1 aliphatic rings. The first kappa shape index (κ1) is 15.9. The van der Waals surface area contributed by atoms with Crippen LogP contribution in [0.1, 0.15) is 12.0 Å². The summed E-state index contributed by atoms with van der Waals surface area (Å²) in [7, 11) is 0. The molecule has 0 spiro atoms. The van der Waals surface area contributed by atoms with Crippen LogP contribution in [0.25, 0.3) is 10.9 Å². The van der Waals surface area contributed by atoms with Crippen molar-refractivity contribution >= 4 is 29.1 Å². The van der Waals surface area contributed by atoms with Gasteiger partial charge in [0.1, 0.15) is 5.82 Å². The summed E-state index contributed by atoms with van der Waals surface area (Å²) in [5.41, 5.74) is 5.52. The molecule has 21 heavy (non-hydrogen) atoms. The molecule has 1 aliphatic heterocycles. The Morgan fingerprint density at radius 3 is 2.52 bits per heavy atom. The first-order valence-electron chi connectivity index (χ1n) is 6.42. The predicted octanol–water partition coefficient (Wildman–Crippen LogP) is 3.21. The number of nitrogens with two attached hydrogens (primary N) is 1. The number of pyridine rings is 1. The van der Waals surface area contributed by atoms with Crippen LogP contribution in [0.2, 0.25) is 0 Å². The van der Waals surface area contributed by atoms with E-state index in [2.05, 4.69) is 4.98 Å². The molecule has 1 saturated heterocycles. The molecule has 2 aromatic rings. The van der Waals surface area contributed by atoms with Gasteiger partial charge in [-0.15, -0.1) is 12.4 Å². The molecule has 114 valence electrons. The second-order valence-electron chi connectivity index (χ2n) is 5.07. The number of hydrogen-bond donors (Lipinski definition) is 1. The molecule has 1 fully saturated rings. The average molecular weight is 318 g/mol. The van der Waals surface area contributed by atoms with Crippen molar-refractivity contribution in [2.75, 3.05) is 18.0 Å². The van der Waals surface area contributed by atoms with Crippen molar-refractivity contribution in [3.8, 4) is 0 Å². The van der Waals surface area contributed by atoms with Gasteiger partial charge in [0, 0.05) is 24.5 Å². The maximum Gasteiger partial charge on any atom is 0.416 e. The van der Waals surface area contributed by atoms with Gasteiger partial charge in [-0.05, 0) is 30.7 Å². The van der Waals surface area contributed by atoms with E-state index in [0.717, 1.165) is 25.1 Å². The van der Waals surface area contributed by atoms with Crippen molar-refractivity contribution in [3.05, 3.63) is 35.9 Å². The van der Waals surface area contributed by atoms with E-state index in [1.807, 2.05) is 11.0 Å². The first-order chi connectivity index (χ1) is 9.43. The molecular formula is C14H15ClF3N3. The molecule has 0 bridgehead atoms. The largest absolute Gasteiger partial charge is 0.416 e. The fourth-order valence-corrected chi connectivity index (χ4v) is 2.45. The Kier molecular flexibility index (Phi) is 4.30. The van der Waals surface area contributed by atoms with Crippen molar-refractivity contribution in [2.45, 2.75) is 18.6 Å². The number of aromatic nitrogens is 1. The van der Waals surface area contributed by atoms with Crippen LogP contribution in [0.3, 0.4) is 0 Å². The van der Waals surface area contributed by atoms with Crippen molar-refractivity contribution in [1.29, 1.82) is 0 Å². The minimum absolute atomic E-state index is 0. The third kappa shape index (κ3) is 3.22. The lowest BCUT2D eigenvalue weighted by Gasteiger charge is -2.17. The minimum Gasteiger partial charge on any atom is -0.355 e. The van der Waals surface area contributed by atoms with Gasteiger partial charge in [-0.25, -0.2) is 4.98 Å². The standard InChI is InChI=1S/C14H14F3N3.ClH/c15-14(16,17)10-3-1-9-2-4-13(19-12(9)7-10)20-6-5-11(18)8-20;/h1-4,7,11H,5-6,8,18H2;1H. The Balaban J connectivity index is 0.00000161. The zero-order valence-electron chi connectivity index (χ0n) is 11.1. The summed E-state index contributed by atoms with van der Waals surface area (Å²) in [6.45, 7) is 1.48. The maximum absolute atomic E-state index is 12.7. The first-order valence-corrected chi connectivity index (χ1v) is 6.42. The van der Waals surface area contributed by atoms with Gasteiger partial charge < -0.3 is 10.6 Å². The molecule has 2 heterocycles. The number of anilines is 1. The quantitative estimate of drug-likeness (QED) is 0.878. The SMILES string of the molecule is Cl.NC1CCN(c2ccc3ccc(C(F)(F)F)cc3n2)C1. The van der Waals surface area contributed by atoms with Crippen molar-refractivity contribution in [3.63, 3.8) is 0 Å². The summed E-state index contributed by atoms with van der Waals surface area (Å²) >= 11 is 0. The van der Waals surface area contributed by atoms with E-state index >= 15 is 0 Å². The fourth-order valence-electron chi connectivity index (χ4n) is 2.45. The van der Waals surface area contributed by atoms with Crippen molar-refractivity contribution in [1.82, 2.24) is 4.98 Å². The minimum atomic E-state index is -4.35. The highest BCUT2D eigenvalue weighted by Gasteiger charge is 2.30. The number of nitrogens with zero attached hydrogens (tertiary/aromatic N) is 2. The van der Waals surface area contributed by atoms with E-state index in [9.17, 15) is 13.2 Å². The average Bonchev–Trinajstić information content (AvgIpc) is 2.83. The summed E-state index contributed by atoms with van der Waals surface area (Å²) in [4.78, 5) is 6.34. The highest BCUT2D eigenvalue weighted by Crippen LogP contribution is 2.31. The molecule has 0 saturated carbocycles. The van der Waals surface area contributed by atoms with Gasteiger partial charge in [0.05, 0.1) is 11.1 Å². The maximum atomic E-state index is 12.7. The van der Waals surface area contributed by atoms with Gasteiger partial charge in [-0.1, -0.05) is 6.07 Å². The van der Waals surface area contributed by atoms with Crippen LogP contribution in [0.5, 0.6) is 0 Å². The smallest absolute Gasteiger partial charge is 0.355 e. The molecular weight excluding hydrogens is 303 g/mol. The van der Waals surface area contributed by atoms with Gasteiger partial charge in [0.25, 0.3) is 0 Å². The third-order valence-corrected chi connectivity index (χ3v) is 3.55. The Morgan fingerprint density at radius 1 is 1.19 bits per heavy atom. The Hall–Kier alpha value is -1.53. The molecule has 3 nitrogen and oxygen atoms in total. The van der Waals surface area contributed by atoms with E-state index in [4.69, 9.17) is 5.73 Å². The van der Waals surface area contributed by atoms with Crippen LogP contribution >= 0.6 is 12.4 Å². The van der Waals surface area contributed by atoms with Gasteiger partial charge in [-0.2, -0.15) is 13.2 Å². The van der Waals surface area contributed by atoms with Gasteiger partial charge in [-0.3, -0.25) is 0 Å². The van der Waals surface area contributed by atoms with Crippen LogP contribution < -0.4 is 10.6 Å². The van der Waals surface area contributed by atoms with E-state index in [1.54, 1.807) is 6.07 Å². The van der Waals surface area contributed by atoms with Crippen molar-refractivity contribution in [2.24, 2.45) is 5.73 Å². The molecule has 1 aromatic carbocycles. The number of alkyl halides is 3. The molecule has 0 radical (unpaired) electrons. The van der Waals surface area contributed by atoms with Crippen LogP contribution in [0.15, 0.2) is 30.3 Å². The van der Waals surface area contributed by atoms with Crippen LogP contribution in [0.4, 0.5) is 19.0 Å². The summed E-state index contributed by atoms with van der Waals surface area (Å²) in [5, 5.41) is 0.699. The normalized spacial score (nSPS) is 18.9. The lowest BCUT2D eigenvalue weighted by molar-refractivity contribution is -0.137. The summed E-state index contributed by atoms with van der Waals surface area (Å²) in [6, 6.07) is 7.35. The molecule has 0 amide bonds. The van der Waals surface area contributed by atoms with Crippen LogP contribution in [-0.4, -0.2) is 24.1 Å². The second kappa shape index (κ2) is 5.69. The summed E-state index contributed by atoms with van der Waals surface area (Å²) in [6.07, 6.45) is -3.47. The number of rotatable bonds is 1. The second-order valence-corrected chi connectivity index (χ2v) is 5.07. The highest BCUT2D eigenvalue weighted by molar-refractivity contribution is 5.85. The number of halogens is 4. The van der Waals surface area contributed by atoms with Gasteiger partial charge >= 0.3 is 6.18 Å². The lowest BCUT2D eigenvalue weighted by Crippen LogP contribution is -2.26. The fraction of sp³-hybridized carbons (Fsp3) is 0.357. The van der Waals surface area contributed by atoms with E-state index in [-0.39, 0.29) is 18.4 Å². The highest BCUT2D eigenvalue weighted by atomic mass is 35.5. The monoisotopic (exact) mass is 317 g/mol. The Labute approximate surface area is 126 Å². The van der Waals surface area contributed by atoms with Crippen molar-refractivity contribution < 1.29 is 13.2 Å².